The van der Waals surface area contributed by atoms with Gasteiger partial charge in [0, 0.05) is 0 Å². The molecule has 0 saturated heterocycles. The van der Waals surface area contributed by atoms with Gasteiger partial charge in [-0.2, -0.15) is 13.2 Å². The number of halogens is 6. The van der Waals surface area contributed by atoms with Crippen LogP contribution in [-0.4, -0.2) is 5.24 Å². The summed E-state index contributed by atoms with van der Waals surface area (Å²) in [7, 11) is 0. The van der Waals surface area contributed by atoms with Crippen LogP contribution in [0.25, 0.3) is 0 Å². The third-order valence-corrected chi connectivity index (χ3v) is 2.08. The minimum atomic E-state index is -4.86. The second-order valence-electron chi connectivity index (χ2n) is 2.56. The zero-order valence-electron chi connectivity index (χ0n) is 6.83. The van der Waals surface area contributed by atoms with Crippen LogP contribution in [0.1, 0.15) is 15.9 Å². The molecule has 0 bridgehead atoms. The molecule has 0 N–H and O–H groups in total. The Bertz CT molecular complexity index is 414. The molecule has 0 amide bonds. The molecule has 0 spiro atoms. The molecule has 15 heavy (non-hydrogen) atoms. The zero-order chi connectivity index (χ0) is 11.8. The fourth-order valence-corrected chi connectivity index (χ4v) is 1.32. The van der Waals surface area contributed by atoms with Crippen LogP contribution < -0.4 is 0 Å². The summed E-state index contributed by atoms with van der Waals surface area (Å²) in [5.74, 6) is -1.47. The molecule has 0 aliphatic rings. The van der Waals surface area contributed by atoms with Crippen LogP contribution in [0.5, 0.6) is 0 Å². The lowest BCUT2D eigenvalue weighted by atomic mass is 10.1. The second kappa shape index (κ2) is 3.98. The lowest BCUT2D eigenvalue weighted by molar-refractivity contribution is -0.138. The number of alkyl halides is 3. The molecule has 0 unspecified atom stereocenters. The van der Waals surface area contributed by atoms with E-state index in [4.69, 9.17) is 23.2 Å². The maximum atomic E-state index is 13.1. The van der Waals surface area contributed by atoms with Gasteiger partial charge in [0.25, 0.3) is 5.24 Å². The minimum Gasteiger partial charge on any atom is -0.275 e. The Morgan fingerprint density at radius 1 is 1.27 bits per heavy atom. The predicted molar refractivity (Wildman–Crippen MR) is 46.6 cm³/mol. The van der Waals surface area contributed by atoms with E-state index in [1.54, 1.807) is 0 Å². The SMILES string of the molecule is O=C(Cl)c1c(C(F)(F)F)ccc(Cl)c1F. The largest absolute Gasteiger partial charge is 0.417 e. The van der Waals surface area contributed by atoms with E-state index in [0.717, 1.165) is 0 Å². The summed E-state index contributed by atoms with van der Waals surface area (Å²) in [6.45, 7) is 0. The summed E-state index contributed by atoms with van der Waals surface area (Å²) in [6.07, 6.45) is -4.86. The number of carbonyl (C=O) groups is 1. The van der Waals surface area contributed by atoms with E-state index in [2.05, 4.69) is 0 Å². The van der Waals surface area contributed by atoms with Gasteiger partial charge in [0.2, 0.25) is 0 Å². The van der Waals surface area contributed by atoms with Crippen LogP contribution in [0.2, 0.25) is 5.02 Å². The topological polar surface area (TPSA) is 17.1 Å². The van der Waals surface area contributed by atoms with Crippen molar-refractivity contribution in [3.05, 3.63) is 34.1 Å². The highest BCUT2D eigenvalue weighted by molar-refractivity contribution is 6.68. The molecular weight excluding hydrogens is 259 g/mol. The lowest BCUT2D eigenvalue weighted by Gasteiger charge is -2.11. The van der Waals surface area contributed by atoms with E-state index < -0.39 is 33.4 Å². The van der Waals surface area contributed by atoms with Gasteiger partial charge in [-0.25, -0.2) is 4.39 Å². The van der Waals surface area contributed by atoms with Crippen molar-refractivity contribution in [2.24, 2.45) is 0 Å². The molecule has 1 nitrogen and oxygen atoms in total. The van der Waals surface area contributed by atoms with Crippen LogP contribution >= 0.6 is 23.2 Å². The number of carbonyl (C=O) groups excluding carboxylic acids is 1. The second-order valence-corrected chi connectivity index (χ2v) is 3.31. The highest BCUT2D eigenvalue weighted by atomic mass is 35.5. The maximum Gasteiger partial charge on any atom is 0.417 e. The Morgan fingerprint density at radius 2 is 1.80 bits per heavy atom. The Hall–Kier alpha value is -0.810. The molecule has 0 aromatic heterocycles. The Labute approximate surface area is 91.6 Å². The van der Waals surface area contributed by atoms with E-state index >= 15 is 0 Å². The molecule has 0 aliphatic carbocycles. The van der Waals surface area contributed by atoms with Crippen LogP contribution in [0.15, 0.2) is 12.1 Å². The third kappa shape index (κ3) is 2.41. The summed E-state index contributed by atoms with van der Waals surface area (Å²) < 4.78 is 50.0. The first-order chi connectivity index (χ1) is 6.75. The van der Waals surface area contributed by atoms with E-state index in [0.29, 0.717) is 12.1 Å². The molecule has 0 heterocycles. The van der Waals surface area contributed by atoms with Crippen molar-refractivity contribution >= 4 is 28.4 Å². The van der Waals surface area contributed by atoms with Crippen molar-refractivity contribution in [2.75, 3.05) is 0 Å². The Morgan fingerprint density at radius 3 is 2.20 bits per heavy atom. The molecule has 0 aliphatic heterocycles. The average molecular weight is 261 g/mol. The van der Waals surface area contributed by atoms with E-state index in [9.17, 15) is 22.4 Å². The van der Waals surface area contributed by atoms with Crippen molar-refractivity contribution in [2.45, 2.75) is 6.18 Å². The normalized spacial score (nSPS) is 11.6. The molecule has 0 fully saturated rings. The first-order valence-corrected chi connectivity index (χ1v) is 4.25. The third-order valence-electron chi connectivity index (χ3n) is 1.60. The van der Waals surface area contributed by atoms with Gasteiger partial charge < -0.3 is 0 Å². The average Bonchev–Trinajstić information content (AvgIpc) is 2.06. The number of rotatable bonds is 1. The molecule has 7 heteroatoms. The highest BCUT2D eigenvalue weighted by Gasteiger charge is 2.37. The van der Waals surface area contributed by atoms with E-state index in [1.807, 2.05) is 0 Å². The fraction of sp³-hybridized carbons (Fsp3) is 0.125. The van der Waals surface area contributed by atoms with Gasteiger partial charge in [-0.1, -0.05) is 11.6 Å². The molecular formula is C8H2Cl2F4O. The van der Waals surface area contributed by atoms with Gasteiger partial charge in [-0.05, 0) is 23.7 Å². The van der Waals surface area contributed by atoms with Crippen LogP contribution in [0, 0.1) is 5.82 Å². The lowest BCUT2D eigenvalue weighted by Crippen LogP contribution is -2.13. The first kappa shape index (κ1) is 12.3. The predicted octanol–water partition coefficient (Wildman–Crippen LogP) is 3.88. The summed E-state index contributed by atoms with van der Waals surface area (Å²) in [5.41, 5.74) is -2.69. The van der Waals surface area contributed by atoms with Crippen molar-refractivity contribution in [1.82, 2.24) is 0 Å². The highest BCUT2D eigenvalue weighted by Crippen LogP contribution is 2.35. The van der Waals surface area contributed by atoms with Crippen LogP contribution in [0.4, 0.5) is 17.6 Å². The Kier molecular flexibility index (Phi) is 3.25. The monoisotopic (exact) mass is 260 g/mol. The van der Waals surface area contributed by atoms with Crippen molar-refractivity contribution in [3.63, 3.8) is 0 Å². The standard InChI is InChI=1S/C8H2Cl2F4O/c9-4-2-1-3(8(12,13)14)5(6(4)11)7(10)15/h1-2H. The molecule has 1 aromatic carbocycles. The van der Waals surface area contributed by atoms with E-state index in [-0.39, 0.29) is 0 Å². The van der Waals surface area contributed by atoms with Gasteiger partial charge in [-0.15, -0.1) is 0 Å². The van der Waals surface area contributed by atoms with Gasteiger partial charge in [0.15, 0.2) is 5.82 Å². The quantitative estimate of drug-likeness (QED) is 0.553. The van der Waals surface area contributed by atoms with Crippen LogP contribution in [-0.2, 0) is 6.18 Å². The summed E-state index contributed by atoms with van der Waals surface area (Å²) in [5, 5.41) is -2.13. The van der Waals surface area contributed by atoms with Crippen molar-refractivity contribution < 1.29 is 22.4 Å². The summed E-state index contributed by atoms with van der Waals surface area (Å²) in [6, 6.07) is 1.21. The molecule has 0 radical (unpaired) electrons. The maximum absolute atomic E-state index is 13.1. The minimum absolute atomic E-state index is 0.501. The molecule has 82 valence electrons. The number of hydrogen-bond donors (Lipinski definition) is 0. The smallest absolute Gasteiger partial charge is 0.275 e. The van der Waals surface area contributed by atoms with Gasteiger partial charge in [-0.3, -0.25) is 4.79 Å². The summed E-state index contributed by atoms with van der Waals surface area (Å²) >= 11 is 10.1. The fourth-order valence-electron chi connectivity index (χ4n) is 0.979. The van der Waals surface area contributed by atoms with Gasteiger partial charge in [0.1, 0.15) is 0 Å². The summed E-state index contributed by atoms with van der Waals surface area (Å²) in [4.78, 5) is 10.7. The molecule has 1 rings (SSSR count). The van der Waals surface area contributed by atoms with Crippen LogP contribution in [0.3, 0.4) is 0 Å². The number of hydrogen-bond acceptors (Lipinski definition) is 1. The van der Waals surface area contributed by atoms with Crippen molar-refractivity contribution in [1.29, 1.82) is 0 Å². The first-order valence-electron chi connectivity index (χ1n) is 3.50. The van der Waals surface area contributed by atoms with E-state index in [1.165, 1.54) is 0 Å². The van der Waals surface area contributed by atoms with Gasteiger partial charge in [0.05, 0.1) is 16.1 Å². The number of benzene rings is 1. The van der Waals surface area contributed by atoms with Crippen molar-refractivity contribution in [3.8, 4) is 0 Å². The Balaban J connectivity index is 3.55. The van der Waals surface area contributed by atoms with Gasteiger partial charge >= 0.3 is 6.18 Å². The molecule has 0 atom stereocenters. The zero-order valence-corrected chi connectivity index (χ0v) is 8.34. The molecule has 0 saturated carbocycles. The molecule has 1 aromatic rings.